The molecule has 6 nitrogen and oxygen atoms in total. The van der Waals surface area contributed by atoms with Crippen LogP contribution in [0.15, 0.2) is 17.3 Å². The molecule has 1 aromatic heterocycles. The molecular weight excluding hydrogens is 276 g/mol. The summed E-state index contributed by atoms with van der Waals surface area (Å²) in [6.45, 7) is 1.07. The summed E-state index contributed by atoms with van der Waals surface area (Å²) in [5.41, 5.74) is 0. The molecule has 1 saturated carbocycles. The molecule has 0 saturated heterocycles. The van der Waals surface area contributed by atoms with Crippen molar-refractivity contribution >= 4 is 21.6 Å². The molecule has 1 aliphatic carbocycles. The summed E-state index contributed by atoms with van der Waals surface area (Å²) in [5, 5.41) is 0.0300. The van der Waals surface area contributed by atoms with Crippen molar-refractivity contribution < 1.29 is 8.42 Å². The lowest BCUT2D eigenvalue weighted by atomic mass is 10.5. The quantitative estimate of drug-likeness (QED) is 0.772. The van der Waals surface area contributed by atoms with Gasteiger partial charge in [-0.2, -0.15) is 0 Å². The van der Waals surface area contributed by atoms with Gasteiger partial charge in [0.15, 0.2) is 0 Å². The third-order valence-electron chi connectivity index (χ3n) is 2.83. The van der Waals surface area contributed by atoms with Crippen molar-refractivity contribution in [1.29, 1.82) is 0 Å². The van der Waals surface area contributed by atoms with Gasteiger partial charge in [-0.15, -0.1) is 0 Å². The smallest absolute Gasteiger partial charge is 0.243 e. The van der Waals surface area contributed by atoms with Crippen LogP contribution in [0, 0.1) is 0 Å². The molecule has 0 radical (unpaired) electrons. The Morgan fingerprint density at radius 3 is 2.61 bits per heavy atom. The van der Waals surface area contributed by atoms with Gasteiger partial charge < -0.3 is 4.90 Å². The molecule has 1 fully saturated rings. The molecular formula is C10H15ClN4O2S. The van der Waals surface area contributed by atoms with Gasteiger partial charge in [0.25, 0.3) is 0 Å². The Kier molecular flexibility index (Phi) is 4.16. The van der Waals surface area contributed by atoms with Crippen molar-refractivity contribution in [2.24, 2.45) is 0 Å². The highest BCUT2D eigenvalue weighted by atomic mass is 35.5. The molecule has 0 unspecified atom stereocenters. The molecule has 0 aromatic carbocycles. The maximum atomic E-state index is 11.9. The highest BCUT2D eigenvalue weighted by Gasteiger charge is 2.25. The van der Waals surface area contributed by atoms with Gasteiger partial charge in [-0.3, -0.25) is 0 Å². The highest BCUT2D eigenvalue weighted by Crippen LogP contribution is 2.24. The van der Waals surface area contributed by atoms with Gasteiger partial charge in [0, 0.05) is 19.1 Å². The number of nitrogens with one attached hydrogen (secondary N) is 1. The number of nitrogens with zero attached hydrogens (tertiary/aromatic N) is 3. The summed E-state index contributed by atoms with van der Waals surface area (Å²) < 4.78 is 26.2. The molecule has 8 heteroatoms. The van der Waals surface area contributed by atoms with Crippen LogP contribution in [-0.4, -0.2) is 49.5 Å². The lowest BCUT2D eigenvalue weighted by Crippen LogP contribution is -2.34. The van der Waals surface area contributed by atoms with Crippen LogP contribution in [0.4, 0.5) is 0 Å². The summed E-state index contributed by atoms with van der Waals surface area (Å²) in [6, 6.07) is 0.619. The van der Waals surface area contributed by atoms with E-state index in [0.29, 0.717) is 19.1 Å². The number of hydrogen-bond acceptors (Lipinski definition) is 5. The fraction of sp³-hybridized carbons (Fsp3) is 0.600. The van der Waals surface area contributed by atoms with E-state index < -0.39 is 10.0 Å². The highest BCUT2D eigenvalue weighted by molar-refractivity contribution is 7.89. The Morgan fingerprint density at radius 2 is 2.06 bits per heavy atom. The maximum absolute atomic E-state index is 11.9. The summed E-state index contributed by atoms with van der Waals surface area (Å²) in [6.07, 6.45) is 4.80. The molecule has 2 rings (SSSR count). The van der Waals surface area contributed by atoms with Crippen LogP contribution in [0.5, 0.6) is 0 Å². The number of rotatable bonds is 6. The van der Waals surface area contributed by atoms with E-state index in [4.69, 9.17) is 11.6 Å². The van der Waals surface area contributed by atoms with Crippen LogP contribution in [0.3, 0.4) is 0 Å². The normalized spacial score (nSPS) is 16.2. The molecule has 18 heavy (non-hydrogen) atoms. The third kappa shape index (κ3) is 3.61. The van der Waals surface area contributed by atoms with Crippen LogP contribution >= 0.6 is 11.6 Å². The Morgan fingerprint density at radius 1 is 1.44 bits per heavy atom. The van der Waals surface area contributed by atoms with E-state index in [1.54, 1.807) is 0 Å². The lowest BCUT2D eigenvalue weighted by molar-refractivity contribution is 0.329. The zero-order valence-electron chi connectivity index (χ0n) is 10.0. The molecule has 1 heterocycles. The summed E-state index contributed by atoms with van der Waals surface area (Å²) in [5.74, 6) is 0. The molecule has 0 atom stereocenters. The SMILES string of the molecule is CN(CCNS(=O)(=O)c1cnc(Cl)nc1)C1CC1. The van der Waals surface area contributed by atoms with Crippen molar-refractivity contribution in [2.75, 3.05) is 20.1 Å². The molecule has 1 aromatic rings. The Balaban J connectivity index is 1.88. The van der Waals surface area contributed by atoms with Crippen LogP contribution in [0.2, 0.25) is 5.28 Å². The van der Waals surface area contributed by atoms with E-state index in [-0.39, 0.29) is 10.2 Å². The van der Waals surface area contributed by atoms with Crippen LogP contribution in [0.25, 0.3) is 0 Å². The number of halogens is 1. The van der Waals surface area contributed by atoms with E-state index in [1.165, 1.54) is 25.2 Å². The second-order valence-corrected chi connectivity index (χ2v) is 6.40. The predicted molar refractivity (Wildman–Crippen MR) is 67.9 cm³/mol. The van der Waals surface area contributed by atoms with E-state index >= 15 is 0 Å². The molecule has 100 valence electrons. The molecule has 1 aliphatic rings. The minimum absolute atomic E-state index is 0.0287. The second-order valence-electron chi connectivity index (χ2n) is 4.30. The van der Waals surface area contributed by atoms with Gasteiger partial charge in [0.1, 0.15) is 4.90 Å². The Bertz CT molecular complexity index is 501. The van der Waals surface area contributed by atoms with E-state index in [1.807, 2.05) is 7.05 Å². The van der Waals surface area contributed by atoms with Crippen LogP contribution in [0.1, 0.15) is 12.8 Å². The zero-order chi connectivity index (χ0) is 13.2. The van der Waals surface area contributed by atoms with E-state index in [2.05, 4.69) is 19.6 Å². The van der Waals surface area contributed by atoms with Crippen molar-refractivity contribution in [3.05, 3.63) is 17.7 Å². The molecule has 0 bridgehead atoms. The van der Waals surface area contributed by atoms with Gasteiger partial charge >= 0.3 is 0 Å². The van der Waals surface area contributed by atoms with Gasteiger partial charge in [-0.1, -0.05) is 0 Å². The monoisotopic (exact) mass is 290 g/mol. The van der Waals surface area contributed by atoms with E-state index in [0.717, 1.165) is 0 Å². The molecule has 0 spiro atoms. The summed E-state index contributed by atoms with van der Waals surface area (Å²) in [7, 11) is -1.54. The van der Waals surface area contributed by atoms with Gasteiger partial charge in [-0.25, -0.2) is 23.1 Å². The first kappa shape index (κ1) is 13.7. The Hall–Kier alpha value is -0.760. The average molecular weight is 291 g/mol. The largest absolute Gasteiger partial charge is 0.302 e. The minimum Gasteiger partial charge on any atom is -0.302 e. The van der Waals surface area contributed by atoms with Crippen LogP contribution in [-0.2, 0) is 10.0 Å². The standard InChI is InChI=1S/C10H15ClN4O2S/c1-15(8-2-3-8)5-4-14-18(16,17)9-6-12-10(11)13-7-9/h6-8,14H,2-5H2,1H3. The van der Waals surface area contributed by atoms with E-state index in [9.17, 15) is 8.42 Å². The Labute approximate surface area is 111 Å². The average Bonchev–Trinajstić information content (AvgIpc) is 3.13. The first-order valence-electron chi connectivity index (χ1n) is 5.66. The fourth-order valence-electron chi connectivity index (χ4n) is 1.58. The number of likely N-dealkylation sites (N-methyl/N-ethyl adjacent to an activating group) is 1. The van der Waals surface area contributed by atoms with Gasteiger partial charge in [-0.05, 0) is 31.5 Å². The van der Waals surface area contributed by atoms with Crippen molar-refractivity contribution in [1.82, 2.24) is 19.6 Å². The minimum atomic E-state index is -3.54. The van der Waals surface area contributed by atoms with Gasteiger partial charge in [0.2, 0.25) is 15.3 Å². The van der Waals surface area contributed by atoms with Crippen molar-refractivity contribution in [3.63, 3.8) is 0 Å². The first-order chi connectivity index (χ1) is 8.49. The fourth-order valence-corrected chi connectivity index (χ4v) is 2.58. The molecule has 0 aliphatic heterocycles. The number of hydrogen-bond donors (Lipinski definition) is 1. The summed E-state index contributed by atoms with van der Waals surface area (Å²) in [4.78, 5) is 9.49. The maximum Gasteiger partial charge on any atom is 0.243 e. The third-order valence-corrected chi connectivity index (χ3v) is 4.44. The molecule has 0 amide bonds. The zero-order valence-corrected chi connectivity index (χ0v) is 11.6. The number of sulfonamides is 1. The van der Waals surface area contributed by atoms with Crippen molar-refractivity contribution in [3.8, 4) is 0 Å². The van der Waals surface area contributed by atoms with Crippen molar-refractivity contribution in [2.45, 2.75) is 23.8 Å². The topological polar surface area (TPSA) is 75.2 Å². The molecule has 1 N–H and O–H groups in total. The lowest BCUT2D eigenvalue weighted by Gasteiger charge is -2.15. The predicted octanol–water partition coefficient (Wildman–Crippen LogP) is 0.502. The second kappa shape index (κ2) is 5.48. The summed E-state index contributed by atoms with van der Waals surface area (Å²) >= 11 is 5.51. The van der Waals surface area contributed by atoms with Crippen LogP contribution < -0.4 is 4.72 Å². The number of aromatic nitrogens is 2. The first-order valence-corrected chi connectivity index (χ1v) is 7.52. The van der Waals surface area contributed by atoms with Gasteiger partial charge in [0.05, 0.1) is 12.4 Å².